The molecule has 0 unspecified atom stereocenters. The average molecular weight is 480 g/mol. The largest absolute Gasteiger partial charge is 0.357 e. The molecule has 0 aliphatic heterocycles. The first kappa shape index (κ1) is 22.9. The van der Waals surface area contributed by atoms with Crippen molar-refractivity contribution in [2.24, 2.45) is 0 Å². The Morgan fingerprint density at radius 3 is 2.28 bits per heavy atom. The zero-order valence-corrected chi connectivity index (χ0v) is 18.5. The van der Waals surface area contributed by atoms with Crippen LogP contribution in [0.5, 0.6) is 0 Å². The molecule has 1 N–H and O–H groups in total. The number of rotatable bonds is 9. The molecule has 9 heteroatoms. The number of likely N-dealkylation sites (N-methyl/N-ethyl adjacent to an activating group) is 1. The molecular weight excluding hydrogens is 458 g/mol. The first-order valence-corrected chi connectivity index (χ1v) is 10.8. The molecule has 2 aromatic rings. The second-order valence-corrected chi connectivity index (χ2v) is 8.26. The third-order valence-electron chi connectivity index (χ3n) is 4.32. The number of nitrogens with zero attached hydrogens (tertiary/aromatic N) is 2. The van der Waals surface area contributed by atoms with E-state index in [2.05, 4.69) is 21.2 Å². The summed E-state index contributed by atoms with van der Waals surface area (Å²) < 4.78 is 0.942. The third-order valence-corrected chi connectivity index (χ3v) is 5.84. The average Bonchev–Trinajstić information content (AvgIpc) is 2.72. The van der Waals surface area contributed by atoms with Gasteiger partial charge in [-0.25, -0.2) is 0 Å². The number of carbonyl (C=O) groups excluding carboxylic acids is 2. The molecule has 2 amide bonds. The molecule has 154 valence electrons. The molecule has 0 saturated carbocycles. The Labute approximate surface area is 182 Å². The number of nitro benzene ring substituents is 1. The van der Waals surface area contributed by atoms with E-state index in [0.29, 0.717) is 12.3 Å². The van der Waals surface area contributed by atoms with Gasteiger partial charge in [-0.2, -0.15) is 0 Å². The highest BCUT2D eigenvalue weighted by atomic mass is 79.9. The van der Waals surface area contributed by atoms with Crippen molar-refractivity contribution in [1.29, 1.82) is 0 Å². The minimum Gasteiger partial charge on any atom is -0.357 e. The Bertz CT molecular complexity index is 859. The fourth-order valence-electron chi connectivity index (χ4n) is 2.63. The van der Waals surface area contributed by atoms with Gasteiger partial charge in [0, 0.05) is 36.0 Å². The first-order valence-electron chi connectivity index (χ1n) is 8.88. The van der Waals surface area contributed by atoms with Crippen molar-refractivity contribution in [3.8, 4) is 0 Å². The SMILES string of the molecule is CNC(=O)[C@H](C)N(Cc1ccc(Br)cc1)C(=O)CSCc1ccc([N+](=O)[O-])cc1. The Morgan fingerprint density at radius 1 is 1.14 bits per heavy atom. The van der Waals surface area contributed by atoms with Crippen molar-refractivity contribution >= 4 is 45.2 Å². The number of nitro groups is 1. The van der Waals surface area contributed by atoms with Gasteiger partial charge in [-0.05, 0) is 30.2 Å². The quantitative estimate of drug-likeness (QED) is 0.436. The summed E-state index contributed by atoms with van der Waals surface area (Å²) in [6.45, 7) is 2.04. The molecule has 0 aromatic heterocycles. The van der Waals surface area contributed by atoms with Crippen LogP contribution in [0.15, 0.2) is 53.0 Å². The van der Waals surface area contributed by atoms with Crippen molar-refractivity contribution in [1.82, 2.24) is 10.2 Å². The van der Waals surface area contributed by atoms with E-state index in [1.165, 1.54) is 23.9 Å². The molecule has 0 spiro atoms. The van der Waals surface area contributed by atoms with Gasteiger partial charge in [0.15, 0.2) is 0 Å². The van der Waals surface area contributed by atoms with Gasteiger partial charge in [-0.1, -0.05) is 40.2 Å². The number of carbonyl (C=O) groups is 2. The number of non-ortho nitro benzene ring substituents is 1. The Hall–Kier alpha value is -2.39. The van der Waals surface area contributed by atoms with Crippen LogP contribution in [0.1, 0.15) is 18.1 Å². The van der Waals surface area contributed by atoms with Crippen LogP contribution in [0.25, 0.3) is 0 Å². The Kier molecular flexibility index (Phi) is 8.66. The van der Waals surface area contributed by atoms with Crippen LogP contribution < -0.4 is 5.32 Å². The summed E-state index contributed by atoms with van der Waals surface area (Å²) in [5.74, 6) is 0.380. The highest BCUT2D eigenvalue weighted by molar-refractivity contribution is 9.10. The molecule has 0 radical (unpaired) electrons. The smallest absolute Gasteiger partial charge is 0.269 e. The van der Waals surface area contributed by atoms with Crippen LogP contribution in [0.4, 0.5) is 5.69 Å². The summed E-state index contributed by atoms with van der Waals surface area (Å²) in [7, 11) is 1.55. The fraction of sp³-hybridized carbons (Fsp3) is 0.300. The van der Waals surface area contributed by atoms with Gasteiger partial charge in [0.2, 0.25) is 11.8 Å². The lowest BCUT2D eigenvalue weighted by molar-refractivity contribution is -0.384. The van der Waals surface area contributed by atoms with Crippen molar-refractivity contribution in [3.63, 3.8) is 0 Å². The molecule has 0 saturated heterocycles. The first-order chi connectivity index (χ1) is 13.8. The number of benzene rings is 2. The summed E-state index contributed by atoms with van der Waals surface area (Å²) in [4.78, 5) is 36.8. The van der Waals surface area contributed by atoms with Crippen molar-refractivity contribution < 1.29 is 14.5 Å². The lowest BCUT2D eigenvalue weighted by Gasteiger charge is -2.28. The number of nitrogens with one attached hydrogen (secondary N) is 1. The van der Waals surface area contributed by atoms with Crippen LogP contribution in [-0.2, 0) is 21.9 Å². The van der Waals surface area contributed by atoms with E-state index in [0.717, 1.165) is 15.6 Å². The zero-order valence-electron chi connectivity index (χ0n) is 16.1. The van der Waals surface area contributed by atoms with E-state index >= 15 is 0 Å². The summed E-state index contributed by atoms with van der Waals surface area (Å²) in [6, 6.07) is 13.3. The number of halogens is 1. The van der Waals surface area contributed by atoms with Crippen LogP contribution >= 0.6 is 27.7 Å². The fourth-order valence-corrected chi connectivity index (χ4v) is 3.77. The molecule has 1 atom stereocenters. The second kappa shape index (κ2) is 11.0. The van der Waals surface area contributed by atoms with E-state index in [4.69, 9.17) is 0 Å². The molecule has 0 bridgehead atoms. The van der Waals surface area contributed by atoms with Crippen molar-refractivity contribution in [2.45, 2.75) is 25.3 Å². The maximum absolute atomic E-state index is 12.8. The molecule has 2 aromatic carbocycles. The van der Waals surface area contributed by atoms with Gasteiger partial charge in [-0.15, -0.1) is 11.8 Å². The molecule has 0 aliphatic rings. The summed E-state index contributed by atoms with van der Waals surface area (Å²) in [5.41, 5.74) is 1.86. The molecule has 7 nitrogen and oxygen atoms in total. The van der Waals surface area contributed by atoms with Gasteiger partial charge >= 0.3 is 0 Å². The van der Waals surface area contributed by atoms with Gasteiger partial charge in [0.25, 0.3) is 5.69 Å². The molecular formula is C20H22BrN3O4S. The summed E-state index contributed by atoms with van der Waals surface area (Å²) >= 11 is 4.79. The number of hydrogen-bond acceptors (Lipinski definition) is 5. The standard InChI is InChI=1S/C20H22BrN3O4S/c1-14(20(26)22-2)23(11-15-3-7-17(21)8-4-15)19(25)13-29-12-16-5-9-18(10-6-16)24(27)28/h3-10,14H,11-13H2,1-2H3,(H,22,26)/t14-/m0/s1. The van der Waals surface area contributed by atoms with E-state index < -0.39 is 11.0 Å². The minimum absolute atomic E-state index is 0.0369. The highest BCUT2D eigenvalue weighted by Crippen LogP contribution is 2.19. The van der Waals surface area contributed by atoms with Crippen LogP contribution in [0.2, 0.25) is 0 Å². The summed E-state index contributed by atoms with van der Waals surface area (Å²) in [5, 5.41) is 13.3. The predicted molar refractivity (Wildman–Crippen MR) is 117 cm³/mol. The van der Waals surface area contributed by atoms with Gasteiger partial charge in [0.1, 0.15) is 6.04 Å². The minimum atomic E-state index is -0.601. The number of thioether (sulfide) groups is 1. The van der Waals surface area contributed by atoms with Crippen LogP contribution in [0, 0.1) is 10.1 Å². The molecule has 2 rings (SSSR count). The van der Waals surface area contributed by atoms with Gasteiger partial charge < -0.3 is 10.2 Å². The Morgan fingerprint density at radius 2 is 1.72 bits per heavy atom. The maximum atomic E-state index is 12.8. The third kappa shape index (κ3) is 6.86. The maximum Gasteiger partial charge on any atom is 0.269 e. The Balaban J connectivity index is 2.01. The monoisotopic (exact) mass is 479 g/mol. The number of amides is 2. The zero-order chi connectivity index (χ0) is 21.4. The number of hydrogen-bond donors (Lipinski definition) is 1. The van der Waals surface area contributed by atoms with Crippen molar-refractivity contribution in [2.75, 3.05) is 12.8 Å². The van der Waals surface area contributed by atoms with Gasteiger partial charge in [0.05, 0.1) is 10.7 Å². The topological polar surface area (TPSA) is 92.6 Å². The van der Waals surface area contributed by atoms with Crippen LogP contribution in [-0.4, -0.2) is 40.5 Å². The second-order valence-electron chi connectivity index (χ2n) is 6.35. The molecule has 0 fully saturated rings. The van der Waals surface area contributed by atoms with E-state index in [-0.39, 0.29) is 23.3 Å². The van der Waals surface area contributed by atoms with Crippen LogP contribution in [0.3, 0.4) is 0 Å². The lowest BCUT2D eigenvalue weighted by Crippen LogP contribution is -2.47. The molecule has 0 heterocycles. The lowest BCUT2D eigenvalue weighted by atomic mass is 10.1. The van der Waals surface area contributed by atoms with E-state index in [1.54, 1.807) is 31.0 Å². The van der Waals surface area contributed by atoms with E-state index in [1.807, 2.05) is 24.3 Å². The van der Waals surface area contributed by atoms with Crippen molar-refractivity contribution in [3.05, 3.63) is 74.2 Å². The molecule has 29 heavy (non-hydrogen) atoms. The molecule has 0 aliphatic carbocycles. The normalized spacial score (nSPS) is 11.6. The highest BCUT2D eigenvalue weighted by Gasteiger charge is 2.25. The predicted octanol–water partition coefficient (Wildman–Crippen LogP) is 3.75. The summed E-state index contributed by atoms with van der Waals surface area (Å²) in [6.07, 6.45) is 0. The van der Waals surface area contributed by atoms with E-state index in [9.17, 15) is 19.7 Å². The van der Waals surface area contributed by atoms with Gasteiger partial charge in [-0.3, -0.25) is 19.7 Å².